The number of hydrogen-bond acceptors (Lipinski definition) is 5. The molecule has 2 amide bonds. The summed E-state index contributed by atoms with van der Waals surface area (Å²) in [4.78, 5) is 26.6. The maximum absolute atomic E-state index is 12.6. The number of carbonyl (C=O) groups is 2. The molecule has 0 unspecified atom stereocenters. The normalized spacial score (nSPS) is 13.7. The number of anilines is 2. The molecule has 0 atom stereocenters. The molecule has 0 aliphatic carbocycles. The predicted octanol–water partition coefficient (Wildman–Crippen LogP) is 2.61. The summed E-state index contributed by atoms with van der Waals surface area (Å²) in [5, 5.41) is 5.91. The quantitative estimate of drug-likeness (QED) is 0.768. The number of amides is 2. The summed E-state index contributed by atoms with van der Waals surface area (Å²) in [7, 11) is 0. The maximum Gasteiger partial charge on any atom is 0.254 e. The molecular formula is C21H25N3O4. The molecule has 0 bridgehead atoms. The molecule has 148 valence electrons. The van der Waals surface area contributed by atoms with Gasteiger partial charge in [0.25, 0.3) is 5.91 Å². The van der Waals surface area contributed by atoms with Crippen molar-refractivity contribution in [2.45, 2.75) is 6.92 Å². The number of rotatable bonds is 7. The fraction of sp³-hybridized carbons (Fsp3) is 0.333. The molecule has 0 saturated carbocycles. The number of morpholine rings is 1. The van der Waals surface area contributed by atoms with Gasteiger partial charge in [-0.2, -0.15) is 0 Å². The lowest BCUT2D eigenvalue weighted by Crippen LogP contribution is -2.40. The molecule has 1 saturated heterocycles. The highest BCUT2D eigenvalue weighted by Crippen LogP contribution is 2.23. The Balaban J connectivity index is 1.57. The first kappa shape index (κ1) is 19.7. The monoisotopic (exact) mass is 383 g/mol. The molecule has 2 aromatic carbocycles. The number of benzene rings is 2. The van der Waals surface area contributed by atoms with E-state index in [-0.39, 0.29) is 18.4 Å². The van der Waals surface area contributed by atoms with E-state index in [4.69, 9.17) is 9.47 Å². The van der Waals surface area contributed by atoms with E-state index >= 15 is 0 Å². The molecular weight excluding hydrogens is 358 g/mol. The first-order valence-electron chi connectivity index (χ1n) is 9.40. The third-order valence-corrected chi connectivity index (χ3v) is 4.32. The van der Waals surface area contributed by atoms with Crippen LogP contribution < -0.4 is 15.4 Å². The minimum atomic E-state index is -0.197. The molecule has 0 aromatic heterocycles. The van der Waals surface area contributed by atoms with Crippen molar-refractivity contribution >= 4 is 23.2 Å². The van der Waals surface area contributed by atoms with Crippen molar-refractivity contribution in [2.75, 3.05) is 50.1 Å². The fourth-order valence-corrected chi connectivity index (χ4v) is 2.94. The van der Waals surface area contributed by atoms with Crippen LogP contribution in [0.5, 0.6) is 5.75 Å². The van der Waals surface area contributed by atoms with Gasteiger partial charge in [-0.1, -0.05) is 18.2 Å². The van der Waals surface area contributed by atoms with Crippen LogP contribution in [0.2, 0.25) is 0 Å². The highest BCUT2D eigenvalue weighted by Gasteiger charge is 2.18. The van der Waals surface area contributed by atoms with Crippen molar-refractivity contribution in [2.24, 2.45) is 0 Å². The summed E-state index contributed by atoms with van der Waals surface area (Å²) in [5.74, 6) is 0.413. The minimum absolute atomic E-state index is 0.0259. The topological polar surface area (TPSA) is 79.9 Å². The molecule has 3 rings (SSSR count). The summed E-state index contributed by atoms with van der Waals surface area (Å²) < 4.78 is 10.8. The third-order valence-electron chi connectivity index (χ3n) is 4.32. The lowest BCUT2D eigenvalue weighted by atomic mass is 10.1. The van der Waals surface area contributed by atoms with Crippen molar-refractivity contribution < 1.29 is 19.1 Å². The molecule has 28 heavy (non-hydrogen) atoms. The van der Waals surface area contributed by atoms with Gasteiger partial charge in [-0.05, 0) is 37.3 Å². The largest absolute Gasteiger partial charge is 0.492 e. The minimum Gasteiger partial charge on any atom is -0.492 e. The summed E-state index contributed by atoms with van der Waals surface area (Å²) >= 11 is 0. The molecule has 2 N–H and O–H groups in total. The van der Waals surface area contributed by atoms with Crippen LogP contribution in [0.25, 0.3) is 0 Å². The van der Waals surface area contributed by atoms with Crippen LogP contribution in [0.4, 0.5) is 11.4 Å². The average Bonchev–Trinajstić information content (AvgIpc) is 2.74. The fourth-order valence-electron chi connectivity index (χ4n) is 2.94. The van der Waals surface area contributed by atoms with E-state index in [1.54, 1.807) is 29.2 Å². The van der Waals surface area contributed by atoms with Crippen molar-refractivity contribution in [3.8, 4) is 5.75 Å². The number of ether oxygens (including phenoxy) is 2. The zero-order chi connectivity index (χ0) is 19.8. The Bertz CT molecular complexity index is 819. The van der Waals surface area contributed by atoms with Gasteiger partial charge in [0.1, 0.15) is 5.75 Å². The van der Waals surface area contributed by atoms with Gasteiger partial charge in [0.15, 0.2) is 0 Å². The third kappa shape index (κ3) is 5.23. The first-order valence-corrected chi connectivity index (χ1v) is 9.40. The van der Waals surface area contributed by atoms with Gasteiger partial charge in [-0.3, -0.25) is 9.59 Å². The highest BCUT2D eigenvalue weighted by molar-refractivity contribution is 5.96. The number of nitrogens with zero attached hydrogens (tertiary/aromatic N) is 1. The summed E-state index contributed by atoms with van der Waals surface area (Å²) in [6, 6.07) is 14.5. The Kier molecular flexibility index (Phi) is 6.86. The summed E-state index contributed by atoms with van der Waals surface area (Å²) in [5.41, 5.74) is 1.94. The predicted molar refractivity (Wildman–Crippen MR) is 108 cm³/mol. The van der Waals surface area contributed by atoms with Gasteiger partial charge in [0.2, 0.25) is 5.91 Å². The molecule has 1 heterocycles. The van der Waals surface area contributed by atoms with E-state index < -0.39 is 0 Å². The second-order valence-corrected chi connectivity index (χ2v) is 6.32. The Hall–Kier alpha value is -3.06. The van der Waals surface area contributed by atoms with Crippen LogP contribution in [0, 0.1) is 0 Å². The maximum atomic E-state index is 12.6. The van der Waals surface area contributed by atoms with E-state index in [0.717, 1.165) is 0 Å². The SMILES string of the molecule is CCOc1ccccc1NC(=O)CNc1cccc(C(=O)N2CCOCC2)c1. The molecule has 0 spiro atoms. The molecule has 1 aliphatic heterocycles. The van der Waals surface area contributed by atoms with Crippen LogP contribution in [-0.2, 0) is 9.53 Å². The molecule has 2 aromatic rings. The molecule has 1 fully saturated rings. The van der Waals surface area contributed by atoms with E-state index in [1.165, 1.54) is 0 Å². The van der Waals surface area contributed by atoms with Gasteiger partial charge >= 0.3 is 0 Å². The summed E-state index contributed by atoms with van der Waals surface area (Å²) in [6.45, 7) is 4.81. The van der Waals surface area contributed by atoms with Gasteiger partial charge in [0, 0.05) is 24.3 Å². The van der Waals surface area contributed by atoms with E-state index in [2.05, 4.69) is 10.6 Å². The molecule has 7 heteroatoms. The molecule has 1 aliphatic rings. The van der Waals surface area contributed by atoms with Crippen molar-refractivity contribution in [3.05, 3.63) is 54.1 Å². The van der Waals surface area contributed by atoms with Crippen molar-refractivity contribution in [1.82, 2.24) is 4.90 Å². The van der Waals surface area contributed by atoms with Gasteiger partial charge in [-0.25, -0.2) is 0 Å². The zero-order valence-electron chi connectivity index (χ0n) is 15.9. The second kappa shape index (κ2) is 9.75. The van der Waals surface area contributed by atoms with E-state index in [1.807, 2.05) is 31.2 Å². The van der Waals surface area contributed by atoms with Crippen LogP contribution >= 0.6 is 0 Å². The Labute approximate surface area is 164 Å². The van der Waals surface area contributed by atoms with Crippen LogP contribution in [0.15, 0.2) is 48.5 Å². The van der Waals surface area contributed by atoms with Crippen LogP contribution in [0.3, 0.4) is 0 Å². The Morgan fingerprint density at radius 1 is 1.11 bits per heavy atom. The van der Waals surface area contributed by atoms with Crippen LogP contribution in [0.1, 0.15) is 17.3 Å². The Morgan fingerprint density at radius 2 is 1.89 bits per heavy atom. The number of para-hydroxylation sites is 2. The second-order valence-electron chi connectivity index (χ2n) is 6.32. The lowest BCUT2D eigenvalue weighted by Gasteiger charge is -2.27. The summed E-state index contributed by atoms with van der Waals surface area (Å²) in [6.07, 6.45) is 0. The number of nitrogens with one attached hydrogen (secondary N) is 2. The number of carbonyl (C=O) groups excluding carboxylic acids is 2. The zero-order valence-corrected chi connectivity index (χ0v) is 15.9. The van der Waals surface area contributed by atoms with Crippen LogP contribution in [-0.4, -0.2) is 56.2 Å². The Morgan fingerprint density at radius 3 is 2.68 bits per heavy atom. The number of hydrogen-bond donors (Lipinski definition) is 2. The van der Waals surface area contributed by atoms with Crippen molar-refractivity contribution in [3.63, 3.8) is 0 Å². The molecule has 0 radical (unpaired) electrons. The average molecular weight is 383 g/mol. The smallest absolute Gasteiger partial charge is 0.254 e. The van der Waals surface area contributed by atoms with Gasteiger partial charge < -0.3 is 25.0 Å². The van der Waals surface area contributed by atoms with Crippen molar-refractivity contribution in [1.29, 1.82) is 0 Å². The molecule has 7 nitrogen and oxygen atoms in total. The standard InChI is InChI=1S/C21H25N3O4/c1-2-28-19-9-4-3-8-18(19)23-20(25)15-22-17-7-5-6-16(14-17)21(26)24-10-12-27-13-11-24/h3-9,14,22H,2,10-13,15H2,1H3,(H,23,25). The van der Waals surface area contributed by atoms with Gasteiger partial charge in [-0.15, -0.1) is 0 Å². The lowest BCUT2D eigenvalue weighted by molar-refractivity contribution is -0.114. The van der Waals surface area contributed by atoms with E-state index in [0.29, 0.717) is 55.6 Å². The van der Waals surface area contributed by atoms with Gasteiger partial charge in [0.05, 0.1) is 32.1 Å². The first-order chi connectivity index (χ1) is 13.7. The highest BCUT2D eigenvalue weighted by atomic mass is 16.5. The van der Waals surface area contributed by atoms with E-state index in [9.17, 15) is 9.59 Å².